The van der Waals surface area contributed by atoms with Crippen LogP contribution in [0.15, 0.2) is 0 Å². The van der Waals surface area contributed by atoms with Gasteiger partial charge in [-0.05, 0) is 37.0 Å². The Kier molecular flexibility index (Phi) is 4.86. The Morgan fingerprint density at radius 2 is 1.95 bits per heavy atom. The molecular weight excluding hydrogens is 236 g/mol. The van der Waals surface area contributed by atoms with Crippen molar-refractivity contribution in [2.45, 2.75) is 52.5 Å². The molecule has 19 heavy (non-hydrogen) atoms. The van der Waals surface area contributed by atoms with Gasteiger partial charge in [0.25, 0.3) is 0 Å². The Bertz CT molecular complexity index is 321. The van der Waals surface area contributed by atoms with Crippen molar-refractivity contribution in [3.63, 3.8) is 0 Å². The van der Waals surface area contributed by atoms with Crippen LogP contribution < -0.4 is 0 Å². The topological polar surface area (TPSA) is 36.3 Å². The summed E-state index contributed by atoms with van der Waals surface area (Å²) in [5.74, 6) is 0.961. The predicted octanol–water partition coefficient (Wildman–Crippen LogP) is 3.06. The fourth-order valence-corrected chi connectivity index (χ4v) is 3.58. The first-order chi connectivity index (χ1) is 9.02. The summed E-state index contributed by atoms with van der Waals surface area (Å²) < 4.78 is 5.55. The van der Waals surface area contributed by atoms with Crippen molar-refractivity contribution in [2.24, 2.45) is 17.3 Å². The minimum Gasteiger partial charge on any atom is -0.380 e. The van der Waals surface area contributed by atoms with E-state index >= 15 is 0 Å². The number of hydrogen-bond acceptors (Lipinski definition) is 3. The zero-order valence-electron chi connectivity index (χ0n) is 12.7. The van der Waals surface area contributed by atoms with Crippen LogP contribution in [-0.4, -0.2) is 37.2 Å². The van der Waals surface area contributed by atoms with Crippen molar-refractivity contribution in [2.75, 3.05) is 26.3 Å². The summed E-state index contributed by atoms with van der Waals surface area (Å²) in [4.78, 5) is 2.53. The van der Waals surface area contributed by atoms with Crippen molar-refractivity contribution < 1.29 is 4.74 Å². The summed E-state index contributed by atoms with van der Waals surface area (Å²) in [5.41, 5.74) is 0.362. The van der Waals surface area contributed by atoms with Gasteiger partial charge < -0.3 is 4.74 Å². The molecule has 0 N–H and O–H groups in total. The van der Waals surface area contributed by atoms with Gasteiger partial charge in [-0.2, -0.15) is 5.26 Å². The minimum atomic E-state index is 0.219. The van der Waals surface area contributed by atoms with Crippen molar-refractivity contribution in [1.29, 1.82) is 5.26 Å². The number of nitrogens with zero attached hydrogens (tertiary/aromatic N) is 2. The normalized spacial score (nSPS) is 34.5. The third-order valence-corrected chi connectivity index (χ3v) is 4.93. The Morgan fingerprint density at radius 1 is 1.16 bits per heavy atom. The van der Waals surface area contributed by atoms with Crippen LogP contribution in [0, 0.1) is 28.6 Å². The monoisotopic (exact) mass is 264 g/mol. The number of rotatable bonds is 1. The molecule has 0 amide bonds. The van der Waals surface area contributed by atoms with Gasteiger partial charge in [0.2, 0.25) is 0 Å². The number of ether oxygens (including phenoxy) is 1. The van der Waals surface area contributed by atoms with Crippen molar-refractivity contribution >= 4 is 0 Å². The molecule has 0 spiro atoms. The van der Waals surface area contributed by atoms with E-state index in [0.717, 1.165) is 45.1 Å². The lowest BCUT2D eigenvalue weighted by Crippen LogP contribution is -2.47. The van der Waals surface area contributed by atoms with Crippen LogP contribution in [-0.2, 0) is 4.74 Å². The van der Waals surface area contributed by atoms with E-state index in [1.165, 1.54) is 12.8 Å². The van der Waals surface area contributed by atoms with Gasteiger partial charge in [0.15, 0.2) is 0 Å². The van der Waals surface area contributed by atoms with E-state index in [9.17, 15) is 5.26 Å². The van der Waals surface area contributed by atoms with Crippen LogP contribution in [0.3, 0.4) is 0 Å². The fraction of sp³-hybridized carbons (Fsp3) is 0.938. The third kappa shape index (κ3) is 3.70. The zero-order valence-corrected chi connectivity index (χ0v) is 12.7. The smallest absolute Gasteiger partial charge is 0.0672 e. The highest BCUT2D eigenvalue weighted by Gasteiger charge is 2.38. The average molecular weight is 264 g/mol. The first kappa shape index (κ1) is 14.8. The van der Waals surface area contributed by atoms with Gasteiger partial charge >= 0.3 is 0 Å². The predicted molar refractivity (Wildman–Crippen MR) is 76.7 cm³/mol. The molecule has 0 radical (unpaired) electrons. The van der Waals surface area contributed by atoms with Crippen molar-refractivity contribution in [3.05, 3.63) is 0 Å². The van der Waals surface area contributed by atoms with Gasteiger partial charge in [-0.15, -0.1) is 0 Å². The summed E-state index contributed by atoms with van der Waals surface area (Å²) >= 11 is 0. The Labute approximate surface area is 117 Å². The minimum absolute atomic E-state index is 0.219. The van der Waals surface area contributed by atoms with Crippen LogP contribution in [0.4, 0.5) is 0 Å². The first-order valence-electron chi connectivity index (χ1n) is 7.74. The lowest BCUT2D eigenvalue weighted by atomic mass is 9.68. The molecule has 0 aromatic carbocycles. The molecule has 3 nitrogen and oxygen atoms in total. The molecule has 1 saturated heterocycles. The summed E-state index contributed by atoms with van der Waals surface area (Å²) in [6.45, 7) is 10.8. The van der Waals surface area contributed by atoms with E-state index in [4.69, 9.17) is 4.74 Å². The molecule has 2 fully saturated rings. The standard InChI is InChI=1S/C16H28N2O/c1-16(2,3)14-6-5-13(12-17)15(11-14)18-7-4-9-19-10-8-18/h13-15H,4-11H2,1-3H3. The van der Waals surface area contributed by atoms with Crippen molar-refractivity contribution in [3.8, 4) is 6.07 Å². The zero-order chi connectivity index (χ0) is 13.9. The fourth-order valence-electron chi connectivity index (χ4n) is 3.58. The van der Waals surface area contributed by atoms with Crippen LogP contribution in [0.25, 0.3) is 0 Å². The molecule has 3 unspecified atom stereocenters. The molecule has 1 aliphatic heterocycles. The molecular formula is C16H28N2O. The van der Waals surface area contributed by atoms with E-state index in [0.29, 0.717) is 11.5 Å². The van der Waals surface area contributed by atoms with Gasteiger partial charge in [-0.1, -0.05) is 20.8 Å². The van der Waals surface area contributed by atoms with E-state index < -0.39 is 0 Å². The molecule has 0 aromatic heterocycles. The highest BCUT2D eigenvalue weighted by Crippen LogP contribution is 2.41. The highest BCUT2D eigenvalue weighted by molar-refractivity contribution is 4.99. The molecule has 0 bridgehead atoms. The van der Waals surface area contributed by atoms with Crippen molar-refractivity contribution in [1.82, 2.24) is 4.90 Å². The Balaban J connectivity index is 2.07. The van der Waals surface area contributed by atoms with E-state index in [-0.39, 0.29) is 5.92 Å². The van der Waals surface area contributed by atoms with Gasteiger partial charge in [0, 0.05) is 25.7 Å². The van der Waals surface area contributed by atoms with Crippen LogP contribution in [0.5, 0.6) is 0 Å². The van der Waals surface area contributed by atoms with E-state index in [1.54, 1.807) is 0 Å². The van der Waals surface area contributed by atoms with Gasteiger partial charge in [-0.25, -0.2) is 0 Å². The highest BCUT2D eigenvalue weighted by atomic mass is 16.5. The summed E-state index contributed by atoms with van der Waals surface area (Å²) in [5, 5.41) is 9.44. The molecule has 2 aliphatic rings. The molecule has 0 aromatic rings. The second-order valence-electron chi connectivity index (χ2n) is 7.18. The van der Waals surface area contributed by atoms with Gasteiger partial charge in [0.1, 0.15) is 0 Å². The molecule has 108 valence electrons. The molecule has 3 atom stereocenters. The first-order valence-corrected chi connectivity index (χ1v) is 7.74. The maximum absolute atomic E-state index is 9.44. The Morgan fingerprint density at radius 3 is 2.63 bits per heavy atom. The number of hydrogen-bond donors (Lipinski definition) is 0. The van der Waals surface area contributed by atoms with Crippen LogP contribution >= 0.6 is 0 Å². The summed E-state index contributed by atoms with van der Waals surface area (Å²) in [7, 11) is 0. The third-order valence-electron chi connectivity index (χ3n) is 4.93. The van der Waals surface area contributed by atoms with E-state index in [2.05, 4.69) is 31.7 Å². The molecule has 3 heteroatoms. The second kappa shape index (κ2) is 6.24. The average Bonchev–Trinajstić information content (AvgIpc) is 2.65. The quantitative estimate of drug-likeness (QED) is 0.730. The Hall–Kier alpha value is -0.590. The van der Waals surface area contributed by atoms with Gasteiger partial charge in [-0.3, -0.25) is 4.90 Å². The SMILES string of the molecule is CC(C)(C)C1CCC(C#N)C(N2CCCOCC2)C1. The van der Waals surface area contributed by atoms with Crippen LogP contribution in [0.2, 0.25) is 0 Å². The summed E-state index contributed by atoms with van der Waals surface area (Å²) in [6.07, 6.45) is 4.57. The maximum atomic E-state index is 9.44. The molecule has 1 heterocycles. The summed E-state index contributed by atoms with van der Waals surface area (Å²) in [6, 6.07) is 3.01. The second-order valence-corrected chi connectivity index (χ2v) is 7.18. The largest absolute Gasteiger partial charge is 0.380 e. The maximum Gasteiger partial charge on any atom is 0.0672 e. The molecule has 1 aliphatic carbocycles. The lowest BCUT2D eigenvalue weighted by molar-refractivity contribution is 0.0567. The van der Waals surface area contributed by atoms with Crippen LogP contribution in [0.1, 0.15) is 46.5 Å². The van der Waals surface area contributed by atoms with Gasteiger partial charge in [0.05, 0.1) is 18.6 Å². The lowest BCUT2D eigenvalue weighted by Gasteiger charge is -2.44. The molecule has 1 saturated carbocycles. The van der Waals surface area contributed by atoms with E-state index in [1.807, 2.05) is 0 Å². The molecule has 2 rings (SSSR count). The number of nitriles is 1.